The molecule has 3 heterocycles. The molecule has 39 heavy (non-hydrogen) atoms. The smallest absolute Gasteiger partial charge is 0.381 e. The van der Waals surface area contributed by atoms with E-state index in [9.17, 15) is 40.3 Å². The summed E-state index contributed by atoms with van der Waals surface area (Å²) < 4.78 is 94.2. The molecule has 1 aromatic carbocycles. The molecule has 0 saturated carbocycles. The number of alkyl halides is 6. The molecule has 14 heteroatoms. The van der Waals surface area contributed by atoms with Gasteiger partial charge in [0.05, 0.1) is 28.5 Å². The van der Waals surface area contributed by atoms with E-state index >= 15 is 0 Å². The standard InChI is InChI=1S/C25H20F7N5O2/c1-13(35-20-12-34-36-22(38)21(20)25(30,31)32)3-2-7-37-8-6-14-9-17(18(26)10-16(14)23(37)39)19-5-4-15(11-33-19)24(27,28)29/h4-6,8-13H,2-3,7H2,1H3,(H2,35,36,38)/t13-/m0/s1. The molecular weight excluding hydrogens is 535 g/mol. The van der Waals surface area contributed by atoms with Crippen LogP contribution in [0, 0.1) is 5.82 Å². The molecule has 1 atom stereocenters. The lowest BCUT2D eigenvalue weighted by Crippen LogP contribution is -2.27. The quantitative estimate of drug-likeness (QED) is 0.290. The largest absolute Gasteiger partial charge is 0.423 e. The summed E-state index contributed by atoms with van der Waals surface area (Å²) in [6.07, 6.45) is -5.85. The molecule has 0 saturated heterocycles. The number of nitrogens with one attached hydrogen (secondary N) is 2. The van der Waals surface area contributed by atoms with Gasteiger partial charge in [0, 0.05) is 30.5 Å². The van der Waals surface area contributed by atoms with Crippen LogP contribution in [0.2, 0.25) is 0 Å². The summed E-state index contributed by atoms with van der Waals surface area (Å²) in [5.74, 6) is -0.839. The molecule has 0 bridgehead atoms. The minimum absolute atomic E-state index is 0.0302. The Balaban J connectivity index is 1.47. The van der Waals surface area contributed by atoms with Crippen LogP contribution in [0.15, 0.2) is 58.5 Å². The number of aryl methyl sites for hydroxylation is 1. The second kappa shape index (κ2) is 10.5. The van der Waals surface area contributed by atoms with Gasteiger partial charge in [0.1, 0.15) is 11.4 Å². The molecular formula is C25H20F7N5O2. The van der Waals surface area contributed by atoms with Gasteiger partial charge in [-0.1, -0.05) is 0 Å². The van der Waals surface area contributed by atoms with Crippen molar-refractivity contribution in [1.82, 2.24) is 19.7 Å². The van der Waals surface area contributed by atoms with Crippen LogP contribution in [0.4, 0.5) is 36.4 Å². The van der Waals surface area contributed by atoms with Crippen molar-refractivity contribution in [2.24, 2.45) is 0 Å². The fourth-order valence-corrected chi connectivity index (χ4v) is 4.09. The van der Waals surface area contributed by atoms with Crippen molar-refractivity contribution in [3.05, 3.63) is 86.6 Å². The fourth-order valence-electron chi connectivity index (χ4n) is 4.09. The Morgan fingerprint density at radius 2 is 1.77 bits per heavy atom. The number of fused-ring (bicyclic) bond motifs is 1. The zero-order valence-electron chi connectivity index (χ0n) is 20.1. The minimum Gasteiger partial charge on any atom is -0.381 e. The Hall–Kier alpha value is -4.23. The molecule has 3 aromatic heterocycles. The number of anilines is 1. The minimum atomic E-state index is -4.88. The molecule has 7 nitrogen and oxygen atoms in total. The van der Waals surface area contributed by atoms with E-state index in [-0.39, 0.29) is 23.2 Å². The van der Waals surface area contributed by atoms with Gasteiger partial charge in [0.25, 0.3) is 11.1 Å². The molecule has 0 unspecified atom stereocenters. The zero-order chi connectivity index (χ0) is 28.5. The van der Waals surface area contributed by atoms with Crippen molar-refractivity contribution in [2.45, 2.75) is 44.7 Å². The summed E-state index contributed by atoms with van der Waals surface area (Å²) in [5.41, 5.74) is -4.81. The van der Waals surface area contributed by atoms with Crippen LogP contribution >= 0.6 is 0 Å². The van der Waals surface area contributed by atoms with Crippen molar-refractivity contribution in [3.63, 3.8) is 0 Å². The average molecular weight is 555 g/mol. The summed E-state index contributed by atoms with van der Waals surface area (Å²) in [6, 6.07) is 5.18. The summed E-state index contributed by atoms with van der Waals surface area (Å²) in [4.78, 5) is 28.2. The predicted molar refractivity (Wildman–Crippen MR) is 129 cm³/mol. The van der Waals surface area contributed by atoms with Crippen LogP contribution in [-0.4, -0.2) is 25.8 Å². The van der Waals surface area contributed by atoms with E-state index < -0.39 is 52.1 Å². The number of hydrogen-bond acceptors (Lipinski definition) is 5. The molecule has 0 aliphatic heterocycles. The Bertz CT molecular complexity index is 1610. The maximum absolute atomic E-state index is 14.8. The molecule has 0 aliphatic rings. The van der Waals surface area contributed by atoms with E-state index in [4.69, 9.17) is 0 Å². The third-order valence-electron chi connectivity index (χ3n) is 6.01. The van der Waals surface area contributed by atoms with Crippen molar-refractivity contribution in [3.8, 4) is 11.3 Å². The highest BCUT2D eigenvalue weighted by molar-refractivity contribution is 5.86. The van der Waals surface area contributed by atoms with Crippen LogP contribution < -0.4 is 16.4 Å². The lowest BCUT2D eigenvalue weighted by atomic mass is 10.0. The van der Waals surface area contributed by atoms with Gasteiger partial charge < -0.3 is 9.88 Å². The first kappa shape index (κ1) is 27.8. The van der Waals surface area contributed by atoms with E-state index in [0.717, 1.165) is 24.4 Å². The van der Waals surface area contributed by atoms with Crippen molar-refractivity contribution < 1.29 is 30.7 Å². The van der Waals surface area contributed by atoms with Gasteiger partial charge >= 0.3 is 12.4 Å². The number of aromatic amines is 1. The van der Waals surface area contributed by atoms with E-state index in [2.05, 4.69) is 15.4 Å². The third-order valence-corrected chi connectivity index (χ3v) is 6.01. The van der Waals surface area contributed by atoms with Gasteiger partial charge in [-0.05, 0) is 55.5 Å². The summed E-state index contributed by atoms with van der Waals surface area (Å²) in [7, 11) is 0. The maximum Gasteiger partial charge on any atom is 0.423 e. The summed E-state index contributed by atoms with van der Waals surface area (Å²) >= 11 is 0. The van der Waals surface area contributed by atoms with Crippen molar-refractivity contribution >= 4 is 16.5 Å². The zero-order valence-corrected chi connectivity index (χ0v) is 20.1. The molecule has 4 rings (SSSR count). The summed E-state index contributed by atoms with van der Waals surface area (Å²) in [5, 5.41) is 8.17. The van der Waals surface area contributed by atoms with E-state index in [1.165, 1.54) is 16.8 Å². The van der Waals surface area contributed by atoms with Crippen LogP contribution in [0.5, 0.6) is 0 Å². The molecule has 206 valence electrons. The van der Waals surface area contributed by atoms with E-state index in [0.29, 0.717) is 24.4 Å². The second-order valence-electron chi connectivity index (χ2n) is 8.84. The number of halogens is 7. The number of benzene rings is 1. The first-order chi connectivity index (χ1) is 18.3. The van der Waals surface area contributed by atoms with Gasteiger partial charge in [0.2, 0.25) is 0 Å². The van der Waals surface area contributed by atoms with Crippen LogP contribution in [0.25, 0.3) is 22.0 Å². The van der Waals surface area contributed by atoms with E-state index in [1.54, 1.807) is 18.1 Å². The van der Waals surface area contributed by atoms with Gasteiger partial charge in [0.15, 0.2) is 0 Å². The fraction of sp³-hybridized carbons (Fsp3) is 0.280. The SMILES string of the molecule is C[C@@H](CCCn1ccc2cc(-c3ccc(C(F)(F)F)cn3)c(F)cc2c1=O)Nc1cn[nH]c(=O)c1C(F)(F)F. The number of nitrogens with zero attached hydrogens (tertiary/aromatic N) is 3. The molecule has 0 fully saturated rings. The van der Waals surface area contributed by atoms with Gasteiger partial charge in [-0.15, -0.1) is 0 Å². The molecule has 0 spiro atoms. The number of pyridine rings is 2. The number of rotatable bonds is 7. The van der Waals surface area contributed by atoms with Gasteiger partial charge in [-0.2, -0.15) is 31.4 Å². The lowest BCUT2D eigenvalue weighted by Gasteiger charge is -2.18. The highest BCUT2D eigenvalue weighted by atomic mass is 19.4. The van der Waals surface area contributed by atoms with Crippen molar-refractivity contribution in [2.75, 3.05) is 5.32 Å². The normalized spacial score (nSPS) is 13.0. The second-order valence-corrected chi connectivity index (χ2v) is 8.84. The molecule has 0 radical (unpaired) electrons. The Morgan fingerprint density at radius 3 is 2.41 bits per heavy atom. The first-order valence-corrected chi connectivity index (χ1v) is 11.5. The highest BCUT2D eigenvalue weighted by Crippen LogP contribution is 2.32. The van der Waals surface area contributed by atoms with Gasteiger partial charge in [-0.25, -0.2) is 9.49 Å². The molecule has 0 amide bonds. The topological polar surface area (TPSA) is 92.7 Å². The highest BCUT2D eigenvalue weighted by Gasteiger charge is 2.37. The van der Waals surface area contributed by atoms with Crippen LogP contribution in [0.3, 0.4) is 0 Å². The number of H-pyrrole nitrogens is 1. The molecule has 2 N–H and O–H groups in total. The first-order valence-electron chi connectivity index (χ1n) is 11.5. The Labute approximate surface area is 215 Å². The molecule has 4 aromatic rings. The lowest BCUT2D eigenvalue weighted by molar-refractivity contribution is -0.138. The Morgan fingerprint density at radius 1 is 1.03 bits per heavy atom. The third kappa shape index (κ3) is 6.10. The van der Waals surface area contributed by atoms with Crippen LogP contribution in [0.1, 0.15) is 30.9 Å². The number of aromatic nitrogens is 4. The predicted octanol–water partition coefficient (Wildman–Crippen LogP) is 5.60. The van der Waals surface area contributed by atoms with Gasteiger partial charge in [-0.3, -0.25) is 14.6 Å². The van der Waals surface area contributed by atoms with Crippen molar-refractivity contribution in [1.29, 1.82) is 0 Å². The monoisotopic (exact) mass is 555 g/mol. The summed E-state index contributed by atoms with van der Waals surface area (Å²) in [6.45, 7) is 1.78. The maximum atomic E-state index is 14.8. The Kier molecular flexibility index (Phi) is 7.48. The average Bonchev–Trinajstić information content (AvgIpc) is 2.84. The van der Waals surface area contributed by atoms with E-state index in [1.807, 2.05) is 0 Å². The van der Waals surface area contributed by atoms with Crippen LogP contribution in [-0.2, 0) is 18.9 Å². The number of hydrogen-bond donors (Lipinski definition) is 2. The molecule has 0 aliphatic carbocycles.